The first-order valence-corrected chi connectivity index (χ1v) is 7.50. The van der Waals surface area contributed by atoms with Crippen LogP contribution in [0.3, 0.4) is 0 Å². The van der Waals surface area contributed by atoms with Gasteiger partial charge in [-0.15, -0.1) is 0 Å². The smallest absolute Gasteiger partial charge is 0.726 e. The van der Waals surface area contributed by atoms with Crippen LogP contribution in [0.4, 0.5) is 0 Å². The average molecular weight is 290 g/mol. The van der Waals surface area contributed by atoms with Crippen LogP contribution in [0.25, 0.3) is 0 Å². The predicted molar refractivity (Wildman–Crippen MR) is 62.9 cm³/mol. The minimum atomic E-state index is -4.48. The van der Waals surface area contributed by atoms with Gasteiger partial charge in [0.1, 0.15) is 0 Å². The predicted octanol–water partition coefficient (Wildman–Crippen LogP) is -0.00200. The van der Waals surface area contributed by atoms with E-state index in [4.69, 9.17) is 0 Å². The van der Waals surface area contributed by atoms with Crippen LogP contribution >= 0.6 is 0 Å². The van der Waals surface area contributed by atoms with Crippen molar-refractivity contribution in [2.45, 2.75) is 64.7 Å². The number of hydrogen-bond donors (Lipinski definition) is 0. The van der Waals surface area contributed by atoms with E-state index in [0.717, 1.165) is 12.8 Å². The fourth-order valence-electron chi connectivity index (χ4n) is 1.57. The zero-order valence-corrected chi connectivity index (χ0v) is 15.1. The van der Waals surface area contributed by atoms with Gasteiger partial charge in [0.25, 0.3) is 0 Å². The van der Waals surface area contributed by atoms with Crippen molar-refractivity contribution in [1.82, 2.24) is 0 Å². The summed E-state index contributed by atoms with van der Waals surface area (Å²) in [6.07, 6.45) is 10.3. The zero-order valence-electron chi connectivity index (χ0n) is 11.1. The van der Waals surface area contributed by atoms with Crippen molar-refractivity contribution in [2.75, 3.05) is 6.61 Å². The second-order valence-electron chi connectivity index (χ2n) is 4.06. The second kappa shape index (κ2) is 13.9. The van der Waals surface area contributed by atoms with Gasteiger partial charge < -0.3 is 4.55 Å². The van der Waals surface area contributed by atoms with Crippen molar-refractivity contribution >= 4 is 10.4 Å². The molecular weight excluding hydrogens is 267 g/mol. The largest absolute Gasteiger partial charge is 1.00 e. The summed E-state index contributed by atoms with van der Waals surface area (Å²) >= 11 is 0. The van der Waals surface area contributed by atoms with Crippen LogP contribution in [-0.4, -0.2) is 19.6 Å². The molecule has 0 rings (SSSR count). The van der Waals surface area contributed by atoms with E-state index >= 15 is 0 Å². The minimum Gasteiger partial charge on any atom is -0.726 e. The van der Waals surface area contributed by atoms with E-state index in [9.17, 15) is 13.0 Å². The molecular formula is C11H23KO4S. The van der Waals surface area contributed by atoms with Crippen LogP contribution in [0, 0.1) is 0 Å². The van der Waals surface area contributed by atoms with E-state index in [1.165, 1.54) is 38.5 Å². The molecule has 0 aliphatic heterocycles. The van der Waals surface area contributed by atoms with Gasteiger partial charge in [-0.05, 0) is 6.42 Å². The average Bonchev–Trinajstić information content (AvgIpc) is 2.19. The maximum atomic E-state index is 10.1. The first-order valence-electron chi connectivity index (χ1n) is 6.16. The van der Waals surface area contributed by atoms with Crippen LogP contribution in [-0.2, 0) is 14.6 Å². The quantitative estimate of drug-likeness (QED) is 0.232. The molecule has 0 aliphatic rings. The third-order valence-electron chi connectivity index (χ3n) is 2.48. The molecule has 0 amide bonds. The van der Waals surface area contributed by atoms with Crippen molar-refractivity contribution in [2.24, 2.45) is 0 Å². The fraction of sp³-hybridized carbons (Fsp3) is 1.00. The minimum absolute atomic E-state index is 0. The van der Waals surface area contributed by atoms with Crippen LogP contribution in [0.1, 0.15) is 64.7 Å². The van der Waals surface area contributed by atoms with Gasteiger partial charge in [-0.25, -0.2) is 8.42 Å². The zero-order chi connectivity index (χ0) is 12.3. The van der Waals surface area contributed by atoms with Crippen molar-refractivity contribution in [1.29, 1.82) is 0 Å². The van der Waals surface area contributed by atoms with E-state index in [-0.39, 0.29) is 58.0 Å². The summed E-state index contributed by atoms with van der Waals surface area (Å²) < 4.78 is 34.4. The molecule has 17 heavy (non-hydrogen) atoms. The Labute approximate surface area is 148 Å². The van der Waals surface area contributed by atoms with Crippen molar-refractivity contribution in [3.05, 3.63) is 0 Å². The monoisotopic (exact) mass is 290 g/mol. The number of rotatable bonds is 11. The summed E-state index contributed by atoms with van der Waals surface area (Å²) in [5.74, 6) is 0. The summed E-state index contributed by atoms with van der Waals surface area (Å²) in [6.45, 7) is 2.23. The van der Waals surface area contributed by atoms with Crippen LogP contribution in [0.5, 0.6) is 0 Å². The van der Waals surface area contributed by atoms with Gasteiger partial charge in [-0.3, -0.25) is 4.18 Å². The van der Waals surface area contributed by atoms with Crippen molar-refractivity contribution < 1.29 is 68.5 Å². The molecule has 0 bridgehead atoms. The van der Waals surface area contributed by atoms with Gasteiger partial charge in [0.15, 0.2) is 0 Å². The first kappa shape index (κ1) is 20.8. The summed E-state index contributed by atoms with van der Waals surface area (Å²) in [7, 11) is -4.48. The van der Waals surface area contributed by atoms with Crippen LogP contribution in [0.15, 0.2) is 0 Å². The second-order valence-corrected chi connectivity index (χ2v) is 5.11. The summed E-state index contributed by atoms with van der Waals surface area (Å²) in [5, 5.41) is 0. The molecule has 0 aromatic rings. The summed E-state index contributed by atoms with van der Waals surface area (Å²) in [4.78, 5) is 0. The summed E-state index contributed by atoms with van der Waals surface area (Å²) in [6, 6.07) is 0. The third-order valence-corrected chi connectivity index (χ3v) is 2.93. The fourth-order valence-corrected chi connectivity index (χ4v) is 1.90. The Morgan fingerprint density at radius 1 is 0.882 bits per heavy atom. The Balaban J connectivity index is 0. The molecule has 0 spiro atoms. The van der Waals surface area contributed by atoms with Crippen LogP contribution < -0.4 is 51.4 Å². The van der Waals surface area contributed by atoms with Crippen LogP contribution in [0.2, 0.25) is 0 Å². The molecule has 0 heterocycles. The van der Waals surface area contributed by atoms with Gasteiger partial charge in [0.05, 0.1) is 6.61 Å². The summed E-state index contributed by atoms with van der Waals surface area (Å²) in [5.41, 5.74) is 0. The van der Waals surface area contributed by atoms with Gasteiger partial charge in [0.2, 0.25) is 10.4 Å². The molecule has 4 nitrogen and oxygen atoms in total. The molecule has 0 atom stereocenters. The van der Waals surface area contributed by atoms with E-state index in [1.807, 2.05) is 0 Å². The Morgan fingerprint density at radius 3 is 1.71 bits per heavy atom. The Morgan fingerprint density at radius 2 is 1.29 bits per heavy atom. The van der Waals surface area contributed by atoms with E-state index in [0.29, 0.717) is 6.42 Å². The van der Waals surface area contributed by atoms with E-state index in [2.05, 4.69) is 11.1 Å². The normalized spacial score (nSPS) is 11.2. The van der Waals surface area contributed by atoms with E-state index in [1.54, 1.807) is 0 Å². The Kier molecular flexibility index (Phi) is 17.1. The standard InChI is InChI=1S/C11H24O4S.K/c1-2-3-4-5-6-7-8-9-10-11-15-16(12,13)14;/h2-11H2,1H3,(H,12,13,14);/q;+1/p-1. The molecule has 0 fully saturated rings. The Bertz CT molecular complexity index is 242. The van der Waals surface area contributed by atoms with Crippen molar-refractivity contribution in [3.8, 4) is 0 Å². The molecule has 0 aromatic carbocycles. The molecule has 0 saturated carbocycles. The van der Waals surface area contributed by atoms with Gasteiger partial charge >= 0.3 is 51.4 Å². The topological polar surface area (TPSA) is 66.4 Å². The molecule has 0 aliphatic carbocycles. The molecule has 0 aromatic heterocycles. The van der Waals surface area contributed by atoms with E-state index < -0.39 is 10.4 Å². The van der Waals surface area contributed by atoms with Crippen molar-refractivity contribution in [3.63, 3.8) is 0 Å². The molecule has 0 saturated heterocycles. The third kappa shape index (κ3) is 20.0. The molecule has 6 heteroatoms. The molecule has 0 N–H and O–H groups in total. The maximum absolute atomic E-state index is 10.1. The molecule has 0 unspecified atom stereocenters. The number of hydrogen-bond acceptors (Lipinski definition) is 4. The SMILES string of the molecule is CCCCCCCCCCCOS(=O)(=O)[O-].[K+]. The Hall–Kier alpha value is 1.51. The molecule has 0 radical (unpaired) electrons. The van der Waals surface area contributed by atoms with Gasteiger partial charge in [-0.1, -0.05) is 58.3 Å². The maximum Gasteiger partial charge on any atom is 1.00 e. The van der Waals surface area contributed by atoms with Gasteiger partial charge in [-0.2, -0.15) is 0 Å². The first-order chi connectivity index (χ1) is 7.56. The number of unbranched alkanes of at least 4 members (excludes halogenated alkanes) is 8. The molecule has 98 valence electrons. The van der Waals surface area contributed by atoms with Gasteiger partial charge in [0, 0.05) is 0 Å².